The summed E-state index contributed by atoms with van der Waals surface area (Å²) in [5, 5.41) is 8.47. The van der Waals surface area contributed by atoms with Crippen LogP contribution in [0, 0.1) is 11.8 Å². The second-order valence-corrected chi connectivity index (χ2v) is 3.33. The molecule has 0 aliphatic carbocycles. The molecule has 0 aliphatic rings. The molecule has 0 fully saturated rings. The van der Waals surface area contributed by atoms with E-state index in [0.717, 1.165) is 6.42 Å². The summed E-state index contributed by atoms with van der Waals surface area (Å²) in [4.78, 5) is 10.3. The van der Waals surface area contributed by atoms with Crippen LogP contribution in [0.3, 0.4) is 0 Å². The second-order valence-electron chi connectivity index (χ2n) is 3.33. The molecule has 3 N–H and O–H groups in total. The van der Waals surface area contributed by atoms with Crippen molar-refractivity contribution in [3.05, 3.63) is 0 Å². The first-order valence-corrected chi connectivity index (χ1v) is 3.98. The Morgan fingerprint density at radius 2 is 2.00 bits per heavy atom. The van der Waals surface area contributed by atoms with Gasteiger partial charge in [0.25, 0.3) is 0 Å². The van der Waals surface area contributed by atoms with Gasteiger partial charge in [0.05, 0.1) is 0 Å². The van der Waals surface area contributed by atoms with Gasteiger partial charge in [0, 0.05) is 6.42 Å². The van der Waals surface area contributed by atoms with Crippen molar-refractivity contribution in [1.82, 2.24) is 0 Å². The average molecular weight is 183 g/mol. The molecule has 1 unspecified atom stereocenters. The molecule has 0 amide bonds. The summed E-state index contributed by atoms with van der Waals surface area (Å²) in [7, 11) is 0. The number of aliphatic carboxylic acids is 1. The van der Waals surface area contributed by atoms with Crippen LogP contribution in [0.15, 0.2) is 0 Å². The van der Waals surface area contributed by atoms with E-state index < -0.39 is 5.97 Å². The number of nitrogens with two attached hydrogens (primary N) is 1. The predicted octanol–water partition coefficient (Wildman–Crippen LogP) is 0.434. The van der Waals surface area contributed by atoms with E-state index in [2.05, 4.69) is 13.8 Å². The van der Waals surface area contributed by atoms with Gasteiger partial charge in [-0.3, -0.25) is 4.79 Å². The Balaban J connectivity index is 0. The van der Waals surface area contributed by atoms with Crippen molar-refractivity contribution in [1.29, 1.82) is 0 Å². The molecule has 1 atom stereocenters. The minimum absolute atomic E-state index is 0. The minimum atomic E-state index is -0.749. The van der Waals surface area contributed by atoms with Crippen LogP contribution in [-0.4, -0.2) is 47.2 Å². The molecule has 0 aromatic carbocycles. The van der Waals surface area contributed by atoms with Crippen molar-refractivity contribution < 1.29 is 9.90 Å². The quantitative estimate of drug-likeness (QED) is 0.608. The van der Waals surface area contributed by atoms with Gasteiger partial charge in [-0.2, -0.15) is 0 Å². The maximum absolute atomic E-state index is 10.3. The molecule has 0 aliphatic heterocycles. The van der Waals surface area contributed by atoms with Gasteiger partial charge in [-0.05, 0) is 24.8 Å². The van der Waals surface area contributed by atoms with E-state index in [4.69, 9.17) is 10.8 Å². The fourth-order valence-electron chi connectivity index (χ4n) is 1.18. The van der Waals surface area contributed by atoms with E-state index in [0.29, 0.717) is 12.5 Å². The van der Waals surface area contributed by atoms with E-state index in [1.165, 1.54) is 0 Å². The molecule has 0 saturated heterocycles. The SMILES string of the molecule is CC(C)CC(CN)CC(=O)O.[NaH]. The third kappa shape index (κ3) is 8.53. The Morgan fingerprint density at radius 3 is 2.25 bits per heavy atom. The van der Waals surface area contributed by atoms with Gasteiger partial charge >= 0.3 is 35.5 Å². The summed E-state index contributed by atoms with van der Waals surface area (Å²) < 4.78 is 0. The van der Waals surface area contributed by atoms with Crippen molar-refractivity contribution in [3.63, 3.8) is 0 Å². The molecule has 3 nitrogen and oxygen atoms in total. The molecular weight excluding hydrogens is 165 g/mol. The standard InChI is InChI=1S/C8H17NO2.Na.H/c1-6(2)3-7(5-9)4-8(10)11;;/h6-7H,3-5,9H2,1-2H3,(H,10,11);;. The number of carbonyl (C=O) groups is 1. The monoisotopic (exact) mass is 183 g/mol. The topological polar surface area (TPSA) is 63.3 Å². The molecule has 12 heavy (non-hydrogen) atoms. The predicted molar refractivity (Wildman–Crippen MR) is 51.4 cm³/mol. The van der Waals surface area contributed by atoms with Gasteiger partial charge in [0.2, 0.25) is 0 Å². The summed E-state index contributed by atoms with van der Waals surface area (Å²) in [6.07, 6.45) is 1.11. The Bertz CT molecular complexity index is 128. The molecule has 0 radical (unpaired) electrons. The number of rotatable bonds is 5. The van der Waals surface area contributed by atoms with Crippen LogP contribution < -0.4 is 5.73 Å². The summed E-state index contributed by atoms with van der Waals surface area (Å²) in [6, 6.07) is 0. The van der Waals surface area contributed by atoms with Gasteiger partial charge in [0.15, 0.2) is 0 Å². The zero-order chi connectivity index (χ0) is 8.85. The van der Waals surface area contributed by atoms with Crippen molar-refractivity contribution in [2.45, 2.75) is 26.7 Å². The van der Waals surface area contributed by atoms with Crippen LogP contribution in [0.5, 0.6) is 0 Å². The van der Waals surface area contributed by atoms with Crippen LogP contribution in [0.1, 0.15) is 26.7 Å². The first-order chi connectivity index (χ1) is 5.06. The summed E-state index contributed by atoms with van der Waals surface area (Å²) in [5.74, 6) is -0.0727. The fraction of sp³-hybridized carbons (Fsp3) is 0.875. The van der Waals surface area contributed by atoms with E-state index >= 15 is 0 Å². The number of hydrogen-bond acceptors (Lipinski definition) is 2. The Labute approximate surface area is 96.0 Å². The normalized spacial score (nSPS) is 12.3. The molecule has 0 spiro atoms. The zero-order valence-corrected chi connectivity index (χ0v) is 7.21. The molecule has 68 valence electrons. The van der Waals surface area contributed by atoms with Crippen molar-refractivity contribution in [2.24, 2.45) is 17.6 Å². The van der Waals surface area contributed by atoms with Gasteiger partial charge in [0.1, 0.15) is 0 Å². The number of carboxylic acids is 1. The van der Waals surface area contributed by atoms with Crippen molar-refractivity contribution in [2.75, 3.05) is 6.54 Å². The van der Waals surface area contributed by atoms with Crippen LogP contribution in [0.25, 0.3) is 0 Å². The molecule has 0 saturated carbocycles. The van der Waals surface area contributed by atoms with E-state index in [1.54, 1.807) is 0 Å². The third-order valence-corrected chi connectivity index (χ3v) is 1.60. The molecular formula is C8H18NNaO2. The van der Waals surface area contributed by atoms with Crippen LogP contribution in [-0.2, 0) is 4.79 Å². The van der Waals surface area contributed by atoms with E-state index in [-0.39, 0.29) is 41.9 Å². The Morgan fingerprint density at radius 1 is 1.50 bits per heavy atom. The summed E-state index contributed by atoms with van der Waals surface area (Å²) >= 11 is 0. The zero-order valence-electron chi connectivity index (χ0n) is 7.21. The Kier molecular flexibility index (Phi) is 10.0. The molecule has 4 heteroatoms. The van der Waals surface area contributed by atoms with Gasteiger partial charge in [-0.1, -0.05) is 13.8 Å². The fourth-order valence-corrected chi connectivity index (χ4v) is 1.18. The van der Waals surface area contributed by atoms with Crippen LogP contribution in [0.4, 0.5) is 0 Å². The maximum atomic E-state index is 10.3. The van der Waals surface area contributed by atoms with Crippen molar-refractivity contribution >= 4 is 35.5 Å². The Hall–Kier alpha value is 0.430. The van der Waals surface area contributed by atoms with E-state index in [1.807, 2.05) is 0 Å². The molecule has 0 bridgehead atoms. The second kappa shape index (κ2) is 8.05. The first-order valence-electron chi connectivity index (χ1n) is 3.98. The molecule has 0 aromatic heterocycles. The van der Waals surface area contributed by atoms with Crippen LogP contribution >= 0.6 is 0 Å². The molecule has 0 heterocycles. The summed E-state index contributed by atoms with van der Waals surface area (Å²) in [5.41, 5.74) is 5.41. The van der Waals surface area contributed by atoms with E-state index in [9.17, 15) is 4.79 Å². The van der Waals surface area contributed by atoms with Gasteiger partial charge in [-0.15, -0.1) is 0 Å². The number of hydrogen-bond donors (Lipinski definition) is 2. The van der Waals surface area contributed by atoms with Gasteiger partial charge < -0.3 is 10.8 Å². The van der Waals surface area contributed by atoms with Gasteiger partial charge in [-0.25, -0.2) is 0 Å². The van der Waals surface area contributed by atoms with Crippen LogP contribution in [0.2, 0.25) is 0 Å². The summed E-state index contributed by atoms with van der Waals surface area (Å²) in [6.45, 7) is 4.62. The average Bonchev–Trinajstić information content (AvgIpc) is 1.84. The number of carboxylic acid groups (broad SMARTS) is 1. The molecule has 0 rings (SSSR count). The third-order valence-electron chi connectivity index (χ3n) is 1.60. The first kappa shape index (κ1) is 14.9. The van der Waals surface area contributed by atoms with Crippen molar-refractivity contribution in [3.8, 4) is 0 Å². The molecule has 0 aromatic rings.